The van der Waals surface area contributed by atoms with Crippen LogP contribution in [-0.4, -0.2) is 39.1 Å². The second-order valence-electron chi connectivity index (χ2n) is 5.68. The van der Waals surface area contributed by atoms with Crippen molar-refractivity contribution in [1.82, 2.24) is 20.4 Å². The number of hydrogen-bond donors (Lipinski definition) is 1. The summed E-state index contributed by atoms with van der Waals surface area (Å²) < 4.78 is 6.40. The van der Waals surface area contributed by atoms with E-state index >= 15 is 0 Å². The molecule has 1 fully saturated rings. The summed E-state index contributed by atoms with van der Waals surface area (Å²) in [5.41, 5.74) is 1.20. The highest BCUT2D eigenvalue weighted by atomic mass is 32.2. The van der Waals surface area contributed by atoms with Gasteiger partial charge in [0.05, 0.1) is 6.04 Å². The van der Waals surface area contributed by atoms with Gasteiger partial charge < -0.3 is 9.32 Å². The fourth-order valence-electron chi connectivity index (χ4n) is 2.93. The number of thioether (sulfide) groups is 1. The van der Waals surface area contributed by atoms with Gasteiger partial charge in [-0.25, -0.2) is 0 Å². The van der Waals surface area contributed by atoms with E-state index in [4.69, 9.17) is 4.42 Å². The smallest absolute Gasteiger partial charge is 0.319 e. The molecule has 10 heteroatoms. The highest BCUT2D eigenvalue weighted by Gasteiger charge is 2.30. The van der Waals surface area contributed by atoms with Gasteiger partial charge in [0.15, 0.2) is 4.34 Å². The highest BCUT2D eigenvalue weighted by Crippen LogP contribution is 2.35. The van der Waals surface area contributed by atoms with Crippen LogP contribution < -0.4 is 10.2 Å². The van der Waals surface area contributed by atoms with E-state index < -0.39 is 5.91 Å². The second kappa shape index (κ2) is 7.42. The Morgan fingerprint density at radius 2 is 2.12 bits per heavy atom. The maximum Gasteiger partial charge on any atom is 0.319 e. The standard InChI is InChI=1S/C16H16N6O2S2/c1-25-16-21-19-14(26-16)17-12(23)13-18-20-15(24-13)22-9-5-8-11(22)10-6-3-2-4-7-10/h2-4,6-7,11H,5,8-9H2,1H3,(H,17,19,23)/t11-/m0/s1. The first-order valence-corrected chi connectivity index (χ1v) is 10.1. The van der Waals surface area contributed by atoms with Crippen molar-refractivity contribution < 1.29 is 9.21 Å². The van der Waals surface area contributed by atoms with Crippen LogP contribution >= 0.6 is 23.1 Å². The lowest BCUT2D eigenvalue weighted by Crippen LogP contribution is -2.22. The summed E-state index contributed by atoms with van der Waals surface area (Å²) in [4.78, 5) is 14.3. The van der Waals surface area contributed by atoms with Gasteiger partial charge in [-0.15, -0.1) is 15.3 Å². The summed E-state index contributed by atoms with van der Waals surface area (Å²) >= 11 is 2.76. The zero-order valence-electron chi connectivity index (χ0n) is 14.0. The molecule has 4 rings (SSSR count). The van der Waals surface area contributed by atoms with Crippen molar-refractivity contribution in [1.29, 1.82) is 0 Å². The molecule has 1 atom stereocenters. The topological polar surface area (TPSA) is 97.0 Å². The number of rotatable bonds is 5. The Labute approximate surface area is 158 Å². The lowest BCUT2D eigenvalue weighted by atomic mass is 10.1. The molecule has 0 aliphatic carbocycles. The van der Waals surface area contributed by atoms with Gasteiger partial charge in [0.1, 0.15) is 0 Å². The van der Waals surface area contributed by atoms with Crippen LogP contribution in [0.2, 0.25) is 0 Å². The number of amides is 1. The molecule has 3 aromatic rings. The Bertz CT molecular complexity index is 897. The third-order valence-corrected chi connectivity index (χ3v) is 5.91. The number of nitrogens with zero attached hydrogens (tertiary/aromatic N) is 5. The SMILES string of the molecule is CSc1nnc(NC(=O)c2nnc(N3CCC[C@H]3c3ccccc3)o2)s1. The van der Waals surface area contributed by atoms with Gasteiger partial charge in [0.2, 0.25) is 5.13 Å². The normalized spacial score (nSPS) is 16.8. The second-order valence-corrected chi connectivity index (χ2v) is 7.71. The summed E-state index contributed by atoms with van der Waals surface area (Å²) in [5, 5.41) is 18.8. The number of nitrogens with one attached hydrogen (secondary N) is 1. The number of aromatic nitrogens is 4. The number of anilines is 2. The largest absolute Gasteiger partial charge is 0.399 e. The van der Waals surface area contributed by atoms with E-state index in [2.05, 4.69) is 42.7 Å². The van der Waals surface area contributed by atoms with Gasteiger partial charge in [0.25, 0.3) is 0 Å². The average molecular weight is 388 g/mol. The maximum absolute atomic E-state index is 12.3. The molecule has 1 N–H and O–H groups in total. The Hall–Kier alpha value is -2.46. The van der Waals surface area contributed by atoms with Crippen LogP contribution in [0.15, 0.2) is 39.1 Å². The number of benzene rings is 1. The molecule has 1 aliphatic rings. The van der Waals surface area contributed by atoms with Crippen LogP contribution in [0.1, 0.15) is 35.1 Å². The van der Waals surface area contributed by atoms with Crippen LogP contribution in [0, 0.1) is 0 Å². The Morgan fingerprint density at radius 1 is 1.27 bits per heavy atom. The predicted molar refractivity (Wildman–Crippen MR) is 99.7 cm³/mol. The molecule has 26 heavy (non-hydrogen) atoms. The molecular weight excluding hydrogens is 372 g/mol. The highest BCUT2D eigenvalue weighted by molar-refractivity contribution is 8.00. The van der Waals surface area contributed by atoms with Crippen molar-refractivity contribution in [2.24, 2.45) is 0 Å². The Kier molecular flexibility index (Phi) is 4.85. The third-order valence-electron chi connectivity index (χ3n) is 4.09. The summed E-state index contributed by atoms with van der Waals surface area (Å²) in [7, 11) is 0. The monoisotopic (exact) mass is 388 g/mol. The van der Waals surface area contributed by atoms with Gasteiger partial charge in [0, 0.05) is 6.54 Å². The van der Waals surface area contributed by atoms with E-state index in [0.29, 0.717) is 11.1 Å². The molecule has 1 amide bonds. The molecular formula is C16H16N6O2S2. The third kappa shape index (κ3) is 3.42. The molecule has 0 radical (unpaired) electrons. The van der Waals surface area contributed by atoms with Crippen molar-refractivity contribution in [3.05, 3.63) is 41.8 Å². The van der Waals surface area contributed by atoms with Gasteiger partial charge in [-0.05, 0) is 24.7 Å². The van der Waals surface area contributed by atoms with Crippen molar-refractivity contribution in [2.45, 2.75) is 23.2 Å². The molecule has 8 nitrogen and oxygen atoms in total. The molecule has 0 unspecified atom stereocenters. The van der Waals surface area contributed by atoms with Crippen molar-refractivity contribution >= 4 is 40.2 Å². The molecule has 1 saturated heterocycles. The summed E-state index contributed by atoms with van der Waals surface area (Å²) in [5.74, 6) is -0.567. The van der Waals surface area contributed by atoms with E-state index in [1.165, 1.54) is 28.7 Å². The van der Waals surface area contributed by atoms with Crippen molar-refractivity contribution in [3.63, 3.8) is 0 Å². The summed E-state index contributed by atoms with van der Waals surface area (Å²) in [6.07, 6.45) is 3.94. The molecule has 0 saturated carbocycles. The Morgan fingerprint density at radius 3 is 2.88 bits per heavy atom. The molecule has 1 aromatic carbocycles. The van der Waals surface area contributed by atoms with E-state index in [9.17, 15) is 4.79 Å². The van der Waals surface area contributed by atoms with Crippen LogP contribution in [0.5, 0.6) is 0 Å². The van der Waals surface area contributed by atoms with E-state index in [-0.39, 0.29) is 11.9 Å². The van der Waals surface area contributed by atoms with Crippen molar-refractivity contribution in [3.8, 4) is 0 Å². The summed E-state index contributed by atoms with van der Waals surface area (Å²) in [6.45, 7) is 0.816. The van der Waals surface area contributed by atoms with E-state index in [1.54, 1.807) is 0 Å². The maximum atomic E-state index is 12.3. The number of hydrogen-bond acceptors (Lipinski definition) is 9. The summed E-state index contributed by atoms with van der Waals surface area (Å²) in [6, 6.07) is 10.8. The molecule has 3 heterocycles. The molecule has 1 aliphatic heterocycles. The van der Waals surface area contributed by atoms with Crippen LogP contribution in [0.3, 0.4) is 0 Å². The first-order valence-electron chi connectivity index (χ1n) is 8.08. The van der Waals surface area contributed by atoms with Crippen molar-refractivity contribution in [2.75, 3.05) is 23.0 Å². The average Bonchev–Trinajstić information content (AvgIpc) is 3.41. The number of carbonyl (C=O) groups excluding carboxylic acids is 1. The zero-order chi connectivity index (χ0) is 17.9. The van der Waals surface area contributed by atoms with Gasteiger partial charge in [-0.3, -0.25) is 10.1 Å². The van der Waals surface area contributed by atoms with E-state index in [1.807, 2.05) is 24.5 Å². The van der Waals surface area contributed by atoms with Gasteiger partial charge in [-0.2, -0.15) is 0 Å². The Balaban J connectivity index is 1.49. The van der Waals surface area contributed by atoms with E-state index in [0.717, 1.165) is 23.7 Å². The molecule has 134 valence electrons. The first-order chi connectivity index (χ1) is 12.7. The van der Waals surface area contributed by atoms with Crippen LogP contribution in [-0.2, 0) is 0 Å². The first kappa shape index (κ1) is 17.0. The fourth-order valence-corrected chi connectivity index (χ4v) is 4.10. The molecule has 0 bridgehead atoms. The lowest BCUT2D eigenvalue weighted by Gasteiger charge is -2.22. The predicted octanol–water partition coefficient (Wildman–Crippen LogP) is 3.24. The minimum absolute atomic E-state index is 0.0837. The fraction of sp³-hybridized carbons (Fsp3) is 0.312. The number of carbonyl (C=O) groups is 1. The van der Waals surface area contributed by atoms with Gasteiger partial charge in [-0.1, -0.05) is 58.5 Å². The van der Waals surface area contributed by atoms with Crippen LogP contribution in [0.4, 0.5) is 11.1 Å². The quantitative estimate of drug-likeness (QED) is 0.525. The zero-order valence-corrected chi connectivity index (χ0v) is 15.6. The molecule has 2 aromatic heterocycles. The minimum atomic E-state index is -0.483. The minimum Gasteiger partial charge on any atom is -0.399 e. The lowest BCUT2D eigenvalue weighted by molar-refractivity contribution is 0.0990. The van der Waals surface area contributed by atoms with Gasteiger partial charge >= 0.3 is 17.8 Å². The van der Waals surface area contributed by atoms with Crippen LogP contribution in [0.25, 0.3) is 0 Å². The molecule has 0 spiro atoms.